The van der Waals surface area contributed by atoms with Crippen molar-refractivity contribution in [3.63, 3.8) is 0 Å². The molecule has 1 spiro atoms. The van der Waals surface area contributed by atoms with Gasteiger partial charge in [0.25, 0.3) is 5.91 Å². The van der Waals surface area contributed by atoms with Crippen molar-refractivity contribution in [3.8, 4) is 0 Å². The van der Waals surface area contributed by atoms with Gasteiger partial charge in [0.2, 0.25) is 5.91 Å². The monoisotopic (exact) mass is 351 g/mol. The van der Waals surface area contributed by atoms with Crippen LogP contribution in [0.25, 0.3) is 0 Å². The topological polar surface area (TPSA) is 79.0 Å². The number of ether oxygens (including phenoxy) is 1. The van der Waals surface area contributed by atoms with Crippen LogP contribution in [0.4, 0.5) is 4.79 Å². The zero-order valence-electron chi connectivity index (χ0n) is 15.3. The van der Waals surface area contributed by atoms with Crippen LogP contribution in [0.3, 0.4) is 0 Å². The highest BCUT2D eigenvalue weighted by Gasteiger charge is 2.49. The SMILES string of the molecule is CCC1(CC)NC(=O)N(CC(=O)N2CCOCC3(CCCC3)C2)C1=O. The van der Waals surface area contributed by atoms with Gasteiger partial charge in [0.15, 0.2) is 0 Å². The summed E-state index contributed by atoms with van der Waals surface area (Å²) in [4.78, 5) is 40.6. The molecule has 1 aliphatic carbocycles. The van der Waals surface area contributed by atoms with Crippen molar-refractivity contribution in [2.75, 3.05) is 32.8 Å². The zero-order chi connectivity index (χ0) is 18.1. The lowest BCUT2D eigenvalue weighted by Crippen LogP contribution is -2.48. The van der Waals surface area contributed by atoms with Crippen LogP contribution in [0.2, 0.25) is 0 Å². The summed E-state index contributed by atoms with van der Waals surface area (Å²) in [6, 6.07) is -0.455. The molecule has 140 valence electrons. The van der Waals surface area contributed by atoms with E-state index < -0.39 is 11.6 Å². The van der Waals surface area contributed by atoms with Crippen LogP contribution >= 0.6 is 0 Å². The Morgan fingerprint density at radius 3 is 2.48 bits per heavy atom. The number of hydrogen-bond donors (Lipinski definition) is 1. The molecule has 0 atom stereocenters. The Bertz CT molecular complexity index is 553. The molecule has 0 aromatic carbocycles. The molecule has 2 heterocycles. The van der Waals surface area contributed by atoms with Crippen molar-refractivity contribution in [3.05, 3.63) is 0 Å². The third-order valence-corrected chi connectivity index (χ3v) is 6.20. The van der Waals surface area contributed by atoms with Crippen molar-refractivity contribution in [2.24, 2.45) is 5.41 Å². The average Bonchev–Trinajstić information content (AvgIpc) is 3.07. The fraction of sp³-hybridized carbons (Fsp3) is 0.833. The molecule has 1 N–H and O–H groups in total. The summed E-state index contributed by atoms with van der Waals surface area (Å²) in [5.41, 5.74) is -0.800. The van der Waals surface area contributed by atoms with E-state index >= 15 is 0 Å². The lowest BCUT2D eigenvalue weighted by atomic mass is 9.86. The van der Waals surface area contributed by atoms with E-state index in [4.69, 9.17) is 4.74 Å². The number of nitrogens with one attached hydrogen (secondary N) is 1. The molecule has 2 saturated heterocycles. The Kier molecular flexibility index (Phi) is 5.04. The maximum atomic E-state index is 12.8. The first-order valence-corrected chi connectivity index (χ1v) is 9.45. The van der Waals surface area contributed by atoms with Gasteiger partial charge in [-0.3, -0.25) is 14.5 Å². The first-order chi connectivity index (χ1) is 12.0. The summed E-state index contributed by atoms with van der Waals surface area (Å²) in [6.07, 6.45) is 5.56. The standard InChI is InChI=1S/C18H29N3O4/c1-3-18(4-2)15(23)21(16(24)19-18)11-14(22)20-9-10-25-13-17(12-20)7-5-6-8-17/h3-13H2,1-2H3,(H,19,24). The van der Waals surface area contributed by atoms with Gasteiger partial charge in [0.05, 0.1) is 13.2 Å². The summed E-state index contributed by atoms with van der Waals surface area (Å²) < 4.78 is 5.74. The normalized spacial score (nSPS) is 25.4. The van der Waals surface area contributed by atoms with Crippen LogP contribution in [0.5, 0.6) is 0 Å². The highest BCUT2D eigenvalue weighted by Crippen LogP contribution is 2.40. The molecule has 25 heavy (non-hydrogen) atoms. The van der Waals surface area contributed by atoms with Gasteiger partial charge in [-0.2, -0.15) is 0 Å². The minimum absolute atomic E-state index is 0.0556. The smallest absolute Gasteiger partial charge is 0.325 e. The molecule has 0 radical (unpaired) electrons. The summed E-state index contributed by atoms with van der Waals surface area (Å²) >= 11 is 0. The molecule has 3 fully saturated rings. The Morgan fingerprint density at radius 2 is 1.88 bits per heavy atom. The Labute approximate surface area is 149 Å². The Hall–Kier alpha value is -1.63. The fourth-order valence-electron chi connectivity index (χ4n) is 4.42. The van der Waals surface area contributed by atoms with Gasteiger partial charge in [-0.05, 0) is 25.7 Å². The first-order valence-electron chi connectivity index (χ1n) is 9.45. The van der Waals surface area contributed by atoms with E-state index in [-0.39, 0.29) is 23.8 Å². The molecule has 2 aliphatic heterocycles. The lowest BCUT2D eigenvalue weighted by Gasteiger charge is -2.32. The largest absolute Gasteiger partial charge is 0.379 e. The number of amides is 4. The number of urea groups is 1. The van der Waals surface area contributed by atoms with Crippen LogP contribution in [-0.4, -0.2) is 66.0 Å². The summed E-state index contributed by atoms with van der Waals surface area (Å²) in [6.45, 7) is 5.99. The second-order valence-corrected chi connectivity index (χ2v) is 7.69. The average molecular weight is 351 g/mol. The summed E-state index contributed by atoms with van der Waals surface area (Å²) in [7, 11) is 0. The zero-order valence-corrected chi connectivity index (χ0v) is 15.3. The van der Waals surface area contributed by atoms with Crippen LogP contribution in [0, 0.1) is 5.41 Å². The molecule has 0 aromatic rings. The van der Waals surface area contributed by atoms with Crippen molar-refractivity contribution >= 4 is 17.8 Å². The maximum Gasteiger partial charge on any atom is 0.325 e. The van der Waals surface area contributed by atoms with E-state index in [1.807, 2.05) is 13.8 Å². The van der Waals surface area contributed by atoms with Crippen LogP contribution in [0.15, 0.2) is 0 Å². The molecule has 3 rings (SSSR count). The number of hydrogen-bond acceptors (Lipinski definition) is 4. The number of carbonyl (C=O) groups excluding carboxylic acids is 3. The second kappa shape index (κ2) is 6.94. The number of imide groups is 1. The third-order valence-electron chi connectivity index (χ3n) is 6.20. The van der Waals surface area contributed by atoms with E-state index in [9.17, 15) is 14.4 Å². The van der Waals surface area contributed by atoms with Gasteiger partial charge in [-0.15, -0.1) is 0 Å². The highest BCUT2D eigenvalue weighted by atomic mass is 16.5. The molecule has 0 aromatic heterocycles. The molecular weight excluding hydrogens is 322 g/mol. The van der Waals surface area contributed by atoms with E-state index in [0.717, 1.165) is 17.7 Å². The van der Waals surface area contributed by atoms with Gasteiger partial charge >= 0.3 is 6.03 Å². The van der Waals surface area contributed by atoms with E-state index in [2.05, 4.69) is 5.32 Å². The predicted octanol–water partition coefficient (Wildman–Crippen LogP) is 1.52. The molecule has 3 aliphatic rings. The van der Waals surface area contributed by atoms with Crippen molar-refractivity contribution in [2.45, 2.75) is 57.9 Å². The molecule has 7 nitrogen and oxygen atoms in total. The fourth-order valence-corrected chi connectivity index (χ4v) is 4.42. The molecule has 0 unspecified atom stereocenters. The van der Waals surface area contributed by atoms with E-state index in [1.54, 1.807) is 4.90 Å². The Morgan fingerprint density at radius 1 is 1.20 bits per heavy atom. The summed E-state index contributed by atoms with van der Waals surface area (Å²) in [5.74, 6) is -0.444. The van der Waals surface area contributed by atoms with Crippen LogP contribution in [-0.2, 0) is 14.3 Å². The highest BCUT2D eigenvalue weighted by molar-refractivity contribution is 6.08. The quantitative estimate of drug-likeness (QED) is 0.779. The maximum absolute atomic E-state index is 12.8. The van der Waals surface area contributed by atoms with Crippen molar-refractivity contribution in [1.29, 1.82) is 0 Å². The van der Waals surface area contributed by atoms with E-state index in [0.29, 0.717) is 39.1 Å². The van der Waals surface area contributed by atoms with Crippen molar-refractivity contribution in [1.82, 2.24) is 15.1 Å². The molecule has 1 saturated carbocycles. The number of nitrogens with zero attached hydrogens (tertiary/aromatic N) is 2. The third kappa shape index (κ3) is 3.26. The molecule has 4 amide bonds. The molecule has 0 bridgehead atoms. The minimum Gasteiger partial charge on any atom is -0.379 e. The molecular formula is C18H29N3O4. The number of rotatable bonds is 4. The van der Waals surface area contributed by atoms with Gasteiger partial charge in [0, 0.05) is 18.5 Å². The minimum atomic E-state index is -0.855. The van der Waals surface area contributed by atoms with Crippen LogP contribution < -0.4 is 5.32 Å². The number of carbonyl (C=O) groups is 3. The second-order valence-electron chi connectivity index (χ2n) is 7.69. The van der Waals surface area contributed by atoms with Gasteiger partial charge < -0.3 is 15.0 Å². The van der Waals surface area contributed by atoms with Crippen molar-refractivity contribution < 1.29 is 19.1 Å². The van der Waals surface area contributed by atoms with Crippen LogP contribution in [0.1, 0.15) is 52.4 Å². The predicted molar refractivity (Wildman–Crippen MR) is 91.9 cm³/mol. The Balaban J connectivity index is 1.69. The first kappa shape index (κ1) is 18.2. The van der Waals surface area contributed by atoms with Gasteiger partial charge in [0.1, 0.15) is 12.1 Å². The lowest BCUT2D eigenvalue weighted by molar-refractivity contribution is -0.139. The van der Waals surface area contributed by atoms with E-state index in [1.165, 1.54) is 12.8 Å². The van der Waals surface area contributed by atoms with Gasteiger partial charge in [-0.1, -0.05) is 26.7 Å². The molecule has 7 heteroatoms. The van der Waals surface area contributed by atoms with Gasteiger partial charge in [-0.25, -0.2) is 4.79 Å². The summed E-state index contributed by atoms with van der Waals surface area (Å²) in [5, 5.41) is 2.78.